The first-order valence-electron chi connectivity index (χ1n) is 11.7. The zero-order valence-corrected chi connectivity index (χ0v) is 22.9. The lowest BCUT2D eigenvalue weighted by Crippen LogP contribution is -2.14. The van der Waals surface area contributed by atoms with Crippen LogP contribution >= 0.6 is 34.3 Å². The van der Waals surface area contributed by atoms with E-state index in [0.29, 0.717) is 33.0 Å². The Morgan fingerprint density at radius 1 is 1.11 bits per heavy atom. The fraction of sp³-hybridized carbons (Fsp3) is 0.222. The van der Waals surface area contributed by atoms with Gasteiger partial charge in [-0.1, -0.05) is 49.2 Å². The largest absolute Gasteiger partial charge is 0.483 e. The molecule has 0 aliphatic heterocycles. The van der Waals surface area contributed by atoms with Gasteiger partial charge >= 0.3 is 0 Å². The average molecular weight is 551 g/mol. The van der Waals surface area contributed by atoms with E-state index >= 15 is 0 Å². The molecular weight excluding hydrogens is 528 g/mol. The molecule has 0 saturated heterocycles. The number of ether oxygens (including phenoxy) is 2. The van der Waals surface area contributed by atoms with Crippen molar-refractivity contribution in [2.45, 2.75) is 26.9 Å². The van der Waals surface area contributed by atoms with Gasteiger partial charge in [0.2, 0.25) is 4.96 Å². The van der Waals surface area contributed by atoms with Crippen molar-refractivity contribution in [3.63, 3.8) is 0 Å². The molecule has 0 aliphatic rings. The van der Waals surface area contributed by atoms with Crippen molar-refractivity contribution in [2.75, 3.05) is 7.11 Å². The molecule has 0 radical (unpaired) electrons. The topological polar surface area (TPSA) is 74.7 Å². The first-order chi connectivity index (χ1) is 17.9. The number of fused-ring (bicyclic) bond motifs is 2. The van der Waals surface area contributed by atoms with Gasteiger partial charge in [0, 0.05) is 22.0 Å². The van der Waals surface area contributed by atoms with Crippen molar-refractivity contribution in [3.05, 3.63) is 70.3 Å². The summed E-state index contributed by atoms with van der Waals surface area (Å²) in [5.74, 6) is 1.42. The Balaban J connectivity index is 1.35. The number of nitrogens with zero attached hydrogens (tertiary/aromatic N) is 4. The smallest absolute Gasteiger partial charge is 0.294 e. The predicted octanol–water partition coefficient (Wildman–Crippen LogP) is 8.07. The molecular formula is C27H23ClN4O3S2. The third kappa shape index (κ3) is 4.58. The van der Waals surface area contributed by atoms with Crippen molar-refractivity contribution in [1.82, 2.24) is 19.6 Å². The van der Waals surface area contributed by atoms with Gasteiger partial charge in [0.15, 0.2) is 5.76 Å². The van der Waals surface area contributed by atoms with Crippen LogP contribution in [0.25, 0.3) is 38.0 Å². The minimum Gasteiger partial charge on any atom is -0.483 e. The van der Waals surface area contributed by atoms with Crippen LogP contribution in [0.1, 0.15) is 31.2 Å². The highest BCUT2D eigenvalue weighted by Crippen LogP contribution is 2.40. The van der Waals surface area contributed by atoms with Crippen LogP contribution in [0.15, 0.2) is 58.5 Å². The molecule has 6 rings (SSSR count). The van der Waals surface area contributed by atoms with Gasteiger partial charge in [-0.15, -0.1) is 16.4 Å². The maximum Gasteiger partial charge on any atom is 0.294 e. The molecule has 188 valence electrons. The summed E-state index contributed by atoms with van der Waals surface area (Å²) < 4.78 is 19.6. The highest BCUT2D eigenvalue weighted by atomic mass is 35.5. The highest BCUT2D eigenvalue weighted by molar-refractivity contribution is 7.18. The van der Waals surface area contributed by atoms with Gasteiger partial charge in [0.1, 0.15) is 28.1 Å². The summed E-state index contributed by atoms with van der Waals surface area (Å²) in [6.45, 7) is 6.33. The molecule has 0 spiro atoms. The average Bonchev–Trinajstić information content (AvgIpc) is 3.64. The lowest BCUT2D eigenvalue weighted by atomic mass is 10.0. The fourth-order valence-electron chi connectivity index (χ4n) is 4.18. The molecule has 0 aliphatic carbocycles. The zero-order chi connectivity index (χ0) is 25.7. The zero-order valence-electron chi connectivity index (χ0n) is 20.6. The maximum absolute atomic E-state index is 6.60. The summed E-state index contributed by atoms with van der Waals surface area (Å²) in [7, 11) is 1.59. The number of rotatable bonds is 7. The number of benzene rings is 2. The number of methoxy groups -OCH3 is 1. The van der Waals surface area contributed by atoms with Crippen molar-refractivity contribution in [3.8, 4) is 33.0 Å². The number of thiazole rings is 1. The van der Waals surface area contributed by atoms with Gasteiger partial charge in [-0.3, -0.25) is 0 Å². The molecule has 0 amide bonds. The Morgan fingerprint density at radius 2 is 1.97 bits per heavy atom. The van der Waals surface area contributed by atoms with E-state index < -0.39 is 0 Å². The van der Waals surface area contributed by atoms with Gasteiger partial charge in [0.05, 0.1) is 24.4 Å². The third-order valence-corrected chi connectivity index (χ3v) is 7.97. The molecule has 4 aromatic heterocycles. The molecule has 37 heavy (non-hydrogen) atoms. The van der Waals surface area contributed by atoms with Gasteiger partial charge < -0.3 is 13.9 Å². The number of imidazole rings is 1. The predicted molar refractivity (Wildman–Crippen MR) is 148 cm³/mol. The number of aryl methyl sites for hydroxylation is 1. The lowest BCUT2D eigenvalue weighted by Gasteiger charge is -2.21. The van der Waals surface area contributed by atoms with Crippen molar-refractivity contribution >= 4 is 50.2 Å². The summed E-state index contributed by atoms with van der Waals surface area (Å²) in [4.78, 5) is 10.3. The van der Waals surface area contributed by atoms with Gasteiger partial charge in [0.25, 0.3) is 5.19 Å². The Kier molecular flexibility index (Phi) is 6.14. The number of furan rings is 1. The van der Waals surface area contributed by atoms with Crippen LogP contribution in [0.3, 0.4) is 0 Å². The normalized spacial score (nSPS) is 12.6. The summed E-state index contributed by atoms with van der Waals surface area (Å²) in [6, 6.07) is 13.9. The van der Waals surface area contributed by atoms with Crippen molar-refractivity contribution in [1.29, 1.82) is 0 Å². The summed E-state index contributed by atoms with van der Waals surface area (Å²) in [5.41, 5.74) is 4.50. The summed E-state index contributed by atoms with van der Waals surface area (Å²) in [5, 5.41) is 9.29. The molecule has 0 saturated carbocycles. The maximum atomic E-state index is 6.60. The van der Waals surface area contributed by atoms with Crippen LogP contribution in [-0.4, -0.2) is 26.7 Å². The van der Waals surface area contributed by atoms with E-state index in [-0.39, 0.29) is 12.0 Å². The van der Waals surface area contributed by atoms with E-state index in [4.69, 9.17) is 30.5 Å². The molecule has 1 unspecified atom stereocenters. The van der Waals surface area contributed by atoms with E-state index in [1.807, 2.05) is 18.3 Å². The van der Waals surface area contributed by atoms with Crippen LogP contribution in [0.2, 0.25) is 5.02 Å². The van der Waals surface area contributed by atoms with Crippen LogP contribution in [0, 0.1) is 12.8 Å². The fourth-order valence-corrected chi connectivity index (χ4v) is 5.92. The molecule has 0 N–H and O–H groups in total. The van der Waals surface area contributed by atoms with E-state index in [9.17, 15) is 0 Å². The lowest BCUT2D eigenvalue weighted by molar-refractivity contribution is 0.152. The van der Waals surface area contributed by atoms with Gasteiger partial charge in [-0.05, 0) is 42.4 Å². The second-order valence-electron chi connectivity index (χ2n) is 9.08. The monoisotopic (exact) mass is 550 g/mol. The SMILES string of the molecule is COc1nn2cc(-c3cc4c(OC(c5csc(-c6cccc(C)c6)n5)C(C)C)cc(Cl)cc4o3)nc2s1. The summed E-state index contributed by atoms with van der Waals surface area (Å²) in [6.07, 6.45) is 1.55. The van der Waals surface area contributed by atoms with Crippen molar-refractivity contribution in [2.24, 2.45) is 5.92 Å². The second-order valence-corrected chi connectivity index (χ2v) is 11.3. The van der Waals surface area contributed by atoms with E-state index in [2.05, 4.69) is 60.5 Å². The molecule has 6 aromatic rings. The molecule has 4 heterocycles. The van der Waals surface area contributed by atoms with Crippen molar-refractivity contribution < 1.29 is 13.9 Å². The first kappa shape index (κ1) is 24.0. The van der Waals surface area contributed by atoms with Crippen LogP contribution in [0.5, 0.6) is 10.9 Å². The van der Waals surface area contributed by atoms with Crippen LogP contribution < -0.4 is 9.47 Å². The third-order valence-electron chi connectivity index (χ3n) is 5.95. The molecule has 0 bridgehead atoms. The highest BCUT2D eigenvalue weighted by Gasteiger charge is 2.24. The number of aromatic nitrogens is 4. The van der Waals surface area contributed by atoms with Crippen LogP contribution in [-0.2, 0) is 0 Å². The quantitative estimate of drug-likeness (QED) is 0.200. The molecule has 2 aromatic carbocycles. The number of halogens is 1. The number of hydrogen-bond acceptors (Lipinski definition) is 8. The first-order valence-corrected chi connectivity index (χ1v) is 13.8. The Hall–Kier alpha value is -3.40. The van der Waals surface area contributed by atoms with E-state index in [1.54, 1.807) is 29.0 Å². The Morgan fingerprint density at radius 3 is 2.73 bits per heavy atom. The van der Waals surface area contributed by atoms with E-state index in [1.165, 1.54) is 16.9 Å². The number of hydrogen-bond donors (Lipinski definition) is 0. The molecule has 7 nitrogen and oxygen atoms in total. The second kappa shape index (κ2) is 9.48. The molecule has 10 heteroatoms. The molecule has 1 atom stereocenters. The minimum absolute atomic E-state index is 0.175. The standard InChI is InChI=1S/C27H23ClN4O3S2/c1-14(2)24(20-13-36-25(29-20)16-7-5-6-15(3)8-16)35-22-10-17(28)9-21-18(22)11-23(34-21)19-12-32-26(30-19)37-27(31-32)33-4/h5-14,24H,1-4H3. The minimum atomic E-state index is -0.260. The van der Waals surface area contributed by atoms with Gasteiger partial charge in [-0.25, -0.2) is 14.5 Å². The van der Waals surface area contributed by atoms with E-state index in [0.717, 1.165) is 26.6 Å². The van der Waals surface area contributed by atoms with Crippen LogP contribution in [0.4, 0.5) is 0 Å². The Labute approximate surface area is 226 Å². The Bertz CT molecular complexity index is 1700. The van der Waals surface area contributed by atoms with Gasteiger partial charge in [-0.2, -0.15) is 0 Å². The summed E-state index contributed by atoms with van der Waals surface area (Å²) >= 11 is 9.45. The molecule has 0 fully saturated rings.